The normalized spacial score (nSPS) is 12.7. The Bertz CT molecular complexity index is 2100. The largest absolute Gasteiger partial charge is 0.392 e. The molecule has 0 fully saturated rings. The minimum absolute atomic E-state index is 0.131. The maximum atomic E-state index is 12.7. The second-order valence-corrected chi connectivity index (χ2v) is 9.63. The monoisotopic (exact) mass is 510 g/mol. The Labute approximate surface area is 221 Å². The Kier molecular flexibility index (Phi) is 4.87. The summed E-state index contributed by atoms with van der Waals surface area (Å²) in [5, 5.41) is 7.08. The van der Waals surface area contributed by atoms with Gasteiger partial charge in [-0.05, 0) is 97.0 Å². The molecule has 0 unspecified atom stereocenters. The van der Waals surface area contributed by atoms with Crippen molar-refractivity contribution in [1.82, 2.24) is 0 Å². The van der Waals surface area contributed by atoms with Crippen molar-refractivity contribution in [2.24, 2.45) is 0 Å². The fourth-order valence-electron chi connectivity index (χ4n) is 5.74. The molecule has 0 amide bonds. The van der Waals surface area contributed by atoms with Crippen LogP contribution in [-0.4, -0.2) is 24.4 Å². The van der Waals surface area contributed by atoms with Gasteiger partial charge in [0.05, 0.1) is 16.7 Å². The summed E-state index contributed by atoms with van der Waals surface area (Å²) in [7, 11) is 0. The van der Waals surface area contributed by atoms with Crippen LogP contribution in [0.15, 0.2) is 84.9 Å². The van der Waals surface area contributed by atoms with Crippen molar-refractivity contribution < 1.29 is 28.7 Å². The number of carbonyl (C=O) groups is 4. The molecule has 0 saturated heterocycles. The predicted molar refractivity (Wildman–Crippen MR) is 148 cm³/mol. The highest BCUT2D eigenvalue weighted by Crippen LogP contribution is 2.45. The number of benzene rings is 6. The quantitative estimate of drug-likeness (QED) is 0.111. The van der Waals surface area contributed by atoms with Crippen LogP contribution in [0.25, 0.3) is 54.2 Å². The minimum atomic E-state index is -0.731. The molecule has 7 rings (SSSR count). The number of ether oxygens (including phenoxy) is 2. The van der Waals surface area contributed by atoms with E-state index >= 15 is 0 Å². The van der Waals surface area contributed by atoms with E-state index in [0.717, 1.165) is 54.2 Å². The van der Waals surface area contributed by atoms with Gasteiger partial charge in [0.15, 0.2) is 0 Å². The van der Waals surface area contributed by atoms with Crippen LogP contribution < -0.4 is 0 Å². The number of fused-ring (bicyclic) bond motifs is 5. The fraction of sp³-hybridized carbons (Fsp3) is 0.0303. The first-order chi connectivity index (χ1) is 18.9. The SMILES string of the molecule is Cc1cc2cc3ccccc3c(-c3c4ccccc4cc4cc5c(cc34)C(=O)OC5=O)c2cc1C(=O)OC=O. The molecule has 0 bridgehead atoms. The van der Waals surface area contributed by atoms with Crippen molar-refractivity contribution in [1.29, 1.82) is 0 Å². The summed E-state index contributed by atoms with van der Waals surface area (Å²) in [5.74, 6) is -2.06. The van der Waals surface area contributed by atoms with Crippen molar-refractivity contribution in [2.45, 2.75) is 6.92 Å². The molecule has 1 aliphatic rings. The summed E-state index contributed by atoms with van der Waals surface area (Å²) in [6.45, 7) is 1.93. The van der Waals surface area contributed by atoms with Crippen molar-refractivity contribution in [3.05, 3.63) is 107 Å². The topological polar surface area (TPSA) is 86.7 Å². The first-order valence-electron chi connectivity index (χ1n) is 12.3. The van der Waals surface area contributed by atoms with Crippen molar-refractivity contribution >= 4 is 67.5 Å². The molecule has 6 aromatic rings. The third kappa shape index (κ3) is 3.35. The standard InChI is InChI=1S/C33H18O6/c1-17-10-20-11-18-6-2-4-8-22(18)29(25(20)14-24(17)31(35)38-16-34)30-23-9-5-3-7-19(23)12-21-13-27-28(15-26(21)30)33(37)39-32(27)36/h2-16H,1H3. The van der Waals surface area contributed by atoms with E-state index in [-0.39, 0.29) is 23.2 Å². The minimum Gasteiger partial charge on any atom is -0.392 e. The Morgan fingerprint density at radius 3 is 1.82 bits per heavy atom. The van der Waals surface area contributed by atoms with Crippen LogP contribution in [0.1, 0.15) is 36.6 Å². The molecule has 0 radical (unpaired) electrons. The van der Waals surface area contributed by atoms with Gasteiger partial charge in [0, 0.05) is 0 Å². The predicted octanol–water partition coefficient (Wildman–Crippen LogP) is 6.90. The first kappa shape index (κ1) is 22.8. The van der Waals surface area contributed by atoms with Gasteiger partial charge in [-0.2, -0.15) is 0 Å². The zero-order valence-electron chi connectivity index (χ0n) is 20.6. The van der Waals surface area contributed by atoms with Gasteiger partial charge >= 0.3 is 24.4 Å². The number of hydrogen-bond donors (Lipinski definition) is 0. The molecule has 0 N–H and O–H groups in total. The first-order valence-corrected chi connectivity index (χ1v) is 12.3. The number of carbonyl (C=O) groups excluding carboxylic acids is 4. The maximum absolute atomic E-state index is 12.7. The highest BCUT2D eigenvalue weighted by Gasteiger charge is 2.31. The second kappa shape index (κ2) is 8.33. The molecule has 186 valence electrons. The lowest BCUT2D eigenvalue weighted by atomic mass is 9.84. The van der Waals surface area contributed by atoms with Gasteiger partial charge in [0.1, 0.15) is 0 Å². The molecule has 1 heterocycles. The molecule has 39 heavy (non-hydrogen) atoms. The summed E-state index contributed by atoms with van der Waals surface area (Å²) in [6, 6.07) is 27.1. The van der Waals surface area contributed by atoms with Crippen LogP contribution in [0.2, 0.25) is 0 Å². The molecule has 6 aromatic carbocycles. The van der Waals surface area contributed by atoms with Crippen molar-refractivity contribution in [2.75, 3.05) is 0 Å². The van der Waals surface area contributed by atoms with Crippen LogP contribution in [0, 0.1) is 6.92 Å². The highest BCUT2D eigenvalue weighted by atomic mass is 16.6. The Morgan fingerprint density at radius 1 is 0.667 bits per heavy atom. The lowest BCUT2D eigenvalue weighted by Crippen LogP contribution is -2.06. The Morgan fingerprint density at radius 2 is 1.21 bits per heavy atom. The second-order valence-electron chi connectivity index (χ2n) is 9.63. The summed E-state index contributed by atoms with van der Waals surface area (Å²) in [6.07, 6.45) is 0. The van der Waals surface area contributed by atoms with Gasteiger partial charge in [-0.25, -0.2) is 14.4 Å². The van der Waals surface area contributed by atoms with E-state index < -0.39 is 17.9 Å². The van der Waals surface area contributed by atoms with Crippen molar-refractivity contribution in [3.63, 3.8) is 0 Å². The number of rotatable bonds is 3. The van der Waals surface area contributed by atoms with Gasteiger partial charge in [-0.3, -0.25) is 4.79 Å². The number of esters is 3. The zero-order chi connectivity index (χ0) is 26.8. The highest BCUT2D eigenvalue weighted by molar-refractivity contribution is 6.26. The molecular formula is C33H18O6. The summed E-state index contributed by atoms with van der Waals surface area (Å²) in [4.78, 5) is 48.6. The van der Waals surface area contributed by atoms with Gasteiger partial charge < -0.3 is 9.47 Å². The molecule has 0 aromatic heterocycles. The van der Waals surface area contributed by atoms with Crippen LogP contribution in [0.5, 0.6) is 0 Å². The van der Waals surface area contributed by atoms with E-state index in [1.807, 2.05) is 60.7 Å². The van der Waals surface area contributed by atoms with Crippen LogP contribution in [0.4, 0.5) is 0 Å². The van der Waals surface area contributed by atoms with E-state index in [9.17, 15) is 19.2 Å². The Balaban J connectivity index is 1.72. The molecule has 6 heteroatoms. The fourth-order valence-corrected chi connectivity index (χ4v) is 5.74. The van der Waals surface area contributed by atoms with Crippen LogP contribution >= 0.6 is 0 Å². The number of hydrogen-bond acceptors (Lipinski definition) is 6. The third-order valence-electron chi connectivity index (χ3n) is 7.46. The molecule has 1 aliphatic heterocycles. The van der Waals surface area contributed by atoms with Gasteiger partial charge in [-0.15, -0.1) is 0 Å². The van der Waals surface area contributed by atoms with Gasteiger partial charge in [0.2, 0.25) is 0 Å². The molecule has 6 nitrogen and oxygen atoms in total. The average Bonchev–Trinajstić information content (AvgIpc) is 3.21. The summed E-state index contributed by atoms with van der Waals surface area (Å²) >= 11 is 0. The van der Waals surface area contributed by atoms with E-state index in [1.54, 1.807) is 25.1 Å². The van der Waals surface area contributed by atoms with Gasteiger partial charge in [0.25, 0.3) is 0 Å². The maximum Gasteiger partial charge on any atom is 0.346 e. The Hall–Kier alpha value is -5.36. The van der Waals surface area contributed by atoms with E-state index in [2.05, 4.69) is 6.07 Å². The molecule has 0 aliphatic carbocycles. The van der Waals surface area contributed by atoms with E-state index in [0.29, 0.717) is 5.56 Å². The lowest BCUT2D eigenvalue weighted by molar-refractivity contribution is -0.123. The summed E-state index contributed by atoms with van der Waals surface area (Å²) < 4.78 is 9.61. The number of aryl methyl sites for hydroxylation is 1. The van der Waals surface area contributed by atoms with Crippen LogP contribution in [0.3, 0.4) is 0 Å². The van der Waals surface area contributed by atoms with Gasteiger partial charge in [-0.1, -0.05) is 54.6 Å². The zero-order valence-corrected chi connectivity index (χ0v) is 20.6. The summed E-state index contributed by atoms with van der Waals surface area (Å²) in [5.41, 5.74) is 3.15. The van der Waals surface area contributed by atoms with E-state index in [1.165, 1.54) is 0 Å². The molecule has 0 atom stereocenters. The van der Waals surface area contributed by atoms with Crippen molar-refractivity contribution in [3.8, 4) is 11.1 Å². The molecule has 0 saturated carbocycles. The molecular weight excluding hydrogens is 492 g/mol. The number of cyclic esters (lactones) is 2. The average molecular weight is 511 g/mol. The smallest absolute Gasteiger partial charge is 0.346 e. The third-order valence-corrected chi connectivity index (χ3v) is 7.46. The van der Waals surface area contributed by atoms with Crippen LogP contribution in [-0.2, 0) is 14.3 Å². The molecule has 0 spiro atoms. The van der Waals surface area contributed by atoms with E-state index in [4.69, 9.17) is 9.47 Å². The lowest BCUT2D eigenvalue weighted by Gasteiger charge is -2.18.